The van der Waals surface area contributed by atoms with Crippen LogP contribution in [0.25, 0.3) is 0 Å². The first-order chi connectivity index (χ1) is 7.66. The number of benzene rings is 2. The Morgan fingerprint density at radius 1 is 0.875 bits per heavy atom. The second kappa shape index (κ2) is 4.78. The largest absolute Gasteiger partial charge is 0.415 e. The van der Waals surface area contributed by atoms with Crippen LogP contribution in [0.5, 0.6) is 0 Å². The minimum atomic E-state index is -1.50. The molecule has 0 saturated heterocycles. The van der Waals surface area contributed by atoms with Crippen LogP contribution in [-0.4, -0.2) is 0 Å². The van der Waals surface area contributed by atoms with E-state index in [1.54, 1.807) is 24.3 Å². The number of hydrogen-bond acceptors (Lipinski definition) is 1. The quantitative estimate of drug-likeness (QED) is 0.746. The molecule has 1 atom stereocenters. The summed E-state index contributed by atoms with van der Waals surface area (Å²) in [7, 11) is -1.50. The van der Waals surface area contributed by atoms with Crippen molar-refractivity contribution in [2.75, 3.05) is 0 Å². The molecule has 1 nitrogen and oxygen atoms in total. The van der Waals surface area contributed by atoms with Gasteiger partial charge in [-0.25, -0.2) is 0 Å². The third-order valence-electron chi connectivity index (χ3n) is 2.33. The summed E-state index contributed by atoms with van der Waals surface area (Å²) >= 11 is 5.79. The molecule has 2 rings (SSSR count). The summed E-state index contributed by atoms with van der Waals surface area (Å²) < 4.78 is 12.2. The first-order valence-electron chi connectivity index (χ1n) is 4.96. The normalized spacial score (nSPS) is 11.2. The smallest absolute Gasteiger partial charge is 0.0843 e. The average molecular weight is 250 g/mol. The van der Waals surface area contributed by atoms with E-state index in [1.807, 2.05) is 31.2 Å². The van der Waals surface area contributed by atoms with Crippen LogP contribution in [0.4, 0.5) is 0 Å². The monoisotopic (exact) mass is 249 g/mol. The maximum atomic E-state index is 12.2. The molecule has 16 heavy (non-hydrogen) atoms. The van der Waals surface area contributed by atoms with Gasteiger partial charge in [-0.2, -0.15) is 0 Å². The Labute approximate surface area is 101 Å². The molecule has 80 valence electrons. The van der Waals surface area contributed by atoms with Crippen molar-refractivity contribution in [1.82, 2.24) is 0 Å². The van der Waals surface area contributed by atoms with Crippen LogP contribution in [0.2, 0.25) is 5.02 Å². The minimum Gasteiger partial charge on any atom is -0.0843 e. The summed E-state index contributed by atoms with van der Waals surface area (Å²) in [4.78, 5) is 0. The van der Waals surface area contributed by atoms with E-state index < -0.39 is 7.80 Å². The zero-order valence-electron chi connectivity index (χ0n) is 8.85. The summed E-state index contributed by atoms with van der Waals surface area (Å²) in [5.74, 6) is 0. The molecule has 0 radical (unpaired) electrons. The van der Waals surface area contributed by atoms with Crippen LogP contribution in [0.1, 0.15) is 5.56 Å². The Kier molecular flexibility index (Phi) is 3.38. The van der Waals surface area contributed by atoms with Gasteiger partial charge in [-0.05, 0) is 43.3 Å². The van der Waals surface area contributed by atoms with Crippen LogP contribution in [0, 0.1) is 6.92 Å². The maximum absolute atomic E-state index is 12.2. The van der Waals surface area contributed by atoms with Gasteiger partial charge in [0.1, 0.15) is 0 Å². The van der Waals surface area contributed by atoms with Gasteiger partial charge >= 0.3 is 7.80 Å². The number of aryl methyl sites for hydroxylation is 1. The molecule has 2 aromatic rings. The van der Waals surface area contributed by atoms with Gasteiger partial charge in [0, 0.05) is 5.02 Å². The summed E-state index contributed by atoms with van der Waals surface area (Å²) in [5, 5.41) is 2.32. The van der Waals surface area contributed by atoms with Gasteiger partial charge in [-0.3, -0.25) is 0 Å². The van der Waals surface area contributed by atoms with E-state index in [1.165, 1.54) is 5.56 Å². The van der Waals surface area contributed by atoms with Crippen LogP contribution < -0.4 is 10.6 Å². The topological polar surface area (TPSA) is 17.1 Å². The molecule has 3 heteroatoms. The van der Waals surface area contributed by atoms with E-state index in [0.29, 0.717) is 5.02 Å². The molecule has 1 unspecified atom stereocenters. The van der Waals surface area contributed by atoms with Gasteiger partial charge in [0.2, 0.25) is 0 Å². The third-order valence-corrected chi connectivity index (χ3v) is 4.12. The highest BCUT2D eigenvalue weighted by Gasteiger charge is 2.22. The van der Waals surface area contributed by atoms with Crippen molar-refractivity contribution < 1.29 is 4.57 Å². The van der Waals surface area contributed by atoms with E-state index in [4.69, 9.17) is 11.6 Å². The first-order valence-corrected chi connectivity index (χ1v) is 6.60. The molecule has 0 aliphatic carbocycles. The van der Waals surface area contributed by atoms with E-state index in [2.05, 4.69) is 0 Å². The Morgan fingerprint density at radius 3 is 1.81 bits per heavy atom. The highest BCUT2D eigenvalue weighted by atomic mass is 35.5. The Morgan fingerprint density at radius 2 is 1.31 bits per heavy atom. The molecular weight excluding hydrogens is 239 g/mol. The standard InChI is InChI=1S/C13H11ClOP/c1-10-2-6-12(7-3-10)16(15)13-8-4-11(14)5-9-13/h2-9H,1H3/q+1. The maximum Gasteiger partial charge on any atom is 0.415 e. The van der Waals surface area contributed by atoms with Gasteiger partial charge in [-0.15, -0.1) is 0 Å². The molecule has 0 N–H and O–H groups in total. The molecule has 0 heterocycles. The van der Waals surface area contributed by atoms with Gasteiger partial charge in [0.15, 0.2) is 10.6 Å². The zero-order chi connectivity index (χ0) is 11.5. The van der Waals surface area contributed by atoms with Gasteiger partial charge in [-0.1, -0.05) is 33.9 Å². The van der Waals surface area contributed by atoms with Crippen LogP contribution in [0.15, 0.2) is 48.5 Å². The molecule has 0 aliphatic rings. The predicted octanol–water partition coefficient (Wildman–Crippen LogP) is 3.43. The molecule has 0 amide bonds. The van der Waals surface area contributed by atoms with Crippen molar-refractivity contribution in [3.8, 4) is 0 Å². The fraction of sp³-hybridized carbons (Fsp3) is 0.0769. The van der Waals surface area contributed by atoms with Gasteiger partial charge < -0.3 is 0 Å². The molecule has 0 saturated carbocycles. The van der Waals surface area contributed by atoms with E-state index >= 15 is 0 Å². The number of hydrogen-bond donors (Lipinski definition) is 0. The zero-order valence-corrected chi connectivity index (χ0v) is 10.5. The fourth-order valence-electron chi connectivity index (χ4n) is 1.41. The van der Waals surface area contributed by atoms with E-state index in [0.717, 1.165) is 10.6 Å². The Bertz CT molecular complexity index is 455. The lowest BCUT2D eigenvalue weighted by molar-refractivity contribution is 0.598. The van der Waals surface area contributed by atoms with E-state index in [-0.39, 0.29) is 0 Å². The molecule has 0 bridgehead atoms. The molecule has 0 spiro atoms. The molecule has 2 aromatic carbocycles. The van der Waals surface area contributed by atoms with Gasteiger partial charge in [0.25, 0.3) is 0 Å². The van der Waals surface area contributed by atoms with Crippen LogP contribution in [0.3, 0.4) is 0 Å². The Hall–Kier alpha value is -1.17. The summed E-state index contributed by atoms with van der Waals surface area (Å²) in [6.45, 7) is 2.01. The van der Waals surface area contributed by atoms with Crippen LogP contribution in [-0.2, 0) is 4.57 Å². The van der Waals surface area contributed by atoms with Crippen molar-refractivity contribution >= 4 is 30.0 Å². The minimum absolute atomic E-state index is 0.663. The highest BCUT2D eigenvalue weighted by Crippen LogP contribution is 2.20. The summed E-state index contributed by atoms with van der Waals surface area (Å²) in [6, 6.07) is 14.9. The lowest BCUT2D eigenvalue weighted by Crippen LogP contribution is -2.05. The summed E-state index contributed by atoms with van der Waals surface area (Å²) in [6.07, 6.45) is 0. The van der Waals surface area contributed by atoms with Crippen molar-refractivity contribution in [3.63, 3.8) is 0 Å². The molecule has 0 aromatic heterocycles. The Balaban J connectivity index is 2.32. The van der Waals surface area contributed by atoms with Crippen molar-refractivity contribution in [2.24, 2.45) is 0 Å². The molecule has 0 fully saturated rings. The second-order valence-electron chi connectivity index (χ2n) is 3.61. The van der Waals surface area contributed by atoms with Crippen molar-refractivity contribution in [3.05, 3.63) is 59.1 Å². The first kappa shape index (κ1) is 11.3. The van der Waals surface area contributed by atoms with Crippen molar-refractivity contribution in [1.29, 1.82) is 0 Å². The van der Waals surface area contributed by atoms with Crippen LogP contribution >= 0.6 is 19.4 Å². The van der Waals surface area contributed by atoms with Gasteiger partial charge in [0.05, 0.1) is 0 Å². The van der Waals surface area contributed by atoms with Crippen molar-refractivity contribution in [2.45, 2.75) is 6.92 Å². The number of rotatable bonds is 2. The highest BCUT2D eigenvalue weighted by molar-refractivity contribution is 7.61. The predicted molar refractivity (Wildman–Crippen MR) is 69.5 cm³/mol. The van der Waals surface area contributed by atoms with E-state index in [9.17, 15) is 4.57 Å². The summed E-state index contributed by atoms with van der Waals surface area (Å²) in [5.41, 5.74) is 1.17. The SMILES string of the molecule is Cc1ccc([P+](=O)c2ccc(Cl)cc2)cc1. The second-order valence-corrected chi connectivity index (χ2v) is 5.66. The lowest BCUT2D eigenvalue weighted by Gasteiger charge is -1.92. The fourth-order valence-corrected chi connectivity index (χ4v) is 2.67. The average Bonchev–Trinajstić information content (AvgIpc) is 2.30. The molecule has 0 aliphatic heterocycles. The number of halogens is 1. The molecular formula is C13H11ClOP+. The lowest BCUT2D eigenvalue weighted by atomic mass is 10.2. The third kappa shape index (κ3) is 2.49.